The lowest BCUT2D eigenvalue weighted by Crippen LogP contribution is -2.44. The molecular formula is C24H24ClNO6. The number of unbranched alkanes of at least 4 members (excludes halogenated alkanes) is 1. The van der Waals surface area contributed by atoms with Gasteiger partial charge in [0.05, 0.1) is 0 Å². The molecule has 0 bridgehead atoms. The van der Waals surface area contributed by atoms with Crippen LogP contribution < -0.4 is 15.7 Å². The number of rotatable bonds is 10. The Labute approximate surface area is 190 Å². The number of carboxylic acids is 1. The Hall–Kier alpha value is -3.32. The van der Waals surface area contributed by atoms with Gasteiger partial charge in [0, 0.05) is 29.0 Å². The lowest BCUT2D eigenvalue weighted by molar-refractivity contribution is -0.142. The minimum absolute atomic E-state index is 0.111. The maximum absolute atomic E-state index is 12.3. The highest BCUT2D eigenvalue weighted by molar-refractivity contribution is 6.30. The Morgan fingerprint density at radius 1 is 1.16 bits per heavy atom. The van der Waals surface area contributed by atoms with Crippen molar-refractivity contribution in [2.24, 2.45) is 0 Å². The van der Waals surface area contributed by atoms with E-state index in [9.17, 15) is 19.5 Å². The SMILES string of the molecule is CCCCc1cc(=O)oc2cc(OCC(=O)N[C@H](Cc3ccc(Cl)cc3)C(=O)O)ccc12. The number of carboxylic acid groups (broad SMARTS) is 1. The molecule has 0 radical (unpaired) electrons. The molecule has 0 aliphatic heterocycles. The molecule has 32 heavy (non-hydrogen) atoms. The summed E-state index contributed by atoms with van der Waals surface area (Å²) >= 11 is 5.84. The highest BCUT2D eigenvalue weighted by Gasteiger charge is 2.21. The van der Waals surface area contributed by atoms with Gasteiger partial charge in [-0.2, -0.15) is 0 Å². The van der Waals surface area contributed by atoms with E-state index in [-0.39, 0.29) is 13.0 Å². The molecule has 3 rings (SSSR count). The summed E-state index contributed by atoms with van der Waals surface area (Å²) in [5.74, 6) is -1.39. The maximum atomic E-state index is 12.3. The third kappa shape index (κ3) is 6.34. The molecule has 0 saturated heterocycles. The van der Waals surface area contributed by atoms with Crippen LogP contribution in [0, 0.1) is 0 Å². The van der Waals surface area contributed by atoms with Crippen molar-refractivity contribution in [1.29, 1.82) is 0 Å². The van der Waals surface area contributed by atoms with Gasteiger partial charge >= 0.3 is 11.6 Å². The number of benzene rings is 2. The summed E-state index contributed by atoms with van der Waals surface area (Å²) in [5.41, 5.74) is 1.58. The Kier molecular flexibility index (Phi) is 7.89. The molecule has 0 aliphatic rings. The second kappa shape index (κ2) is 10.8. The van der Waals surface area contributed by atoms with Crippen LogP contribution in [0.5, 0.6) is 5.75 Å². The van der Waals surface area contributed by atoms with E-state index in [0.29, 0.717) is 16.4 Å². The number of carbonyl (C=O) groups is 2. The minimum atomic E-state index is -1.15. The molecule has 3 aromatic rings. The first kappa shape index (κ1) is 23.3. The quantitative estimate of drug-likeness (QED) is 0.446. The largest absolute Gasteiger partial charge is 0.484 e. The molecule has 8 heteroatoms. The van der Waals surface area contributed by atoms with E-state index < -0.39 is 23.5 Å². The van der Waals surface area contributed by atoms with E-state index in [1.165, 1.54) is 6.07 Å². The number of ether oxygens (including phenoxy) is 1. The van der Waals surface area contributed by atoms with Crippen LogP contribution in [0.3, 0.4) is 0 Å². The van der Waals surface area contributed by atoms with Crippen molar-refractivity contribution in [3.8, 4) is 5.75 Å². The number of halogens is 1. The fourth-order valence-corrected chi connectivity index (χ4v) is 3.44. The van der Waals surface area contributed by atoms with Gasteiger partial charge in [-0.05, 0) is 48.2 Å². The van der Waals surface area contributed by atoms with Gasteiger partial charge in [0.15, 0.2) is 6.61 Å². The van der Waals surface area contributed by atoms with Gasteiger partial charge in [-0.1, -0.05) is 37.1 Å². The molecule has 0 fully saturated rings. The van der Waals surface area contributed by atoms with Crippen molar-refractivity contribution in [2.75, 3.05) is 6.61 Å². The third-order valence-electron chi connectivity index (χ3n) is 4.96. The molecule has 1 heterocycles. The number of carbonyl (C=O) groups excluding carboxylic acids is 1. The Morgan fingerprint density at radius 3 is 2.59 bits per heavy atom. The number of hydrogen-bond donors (Lipinski definition) is 2. The summed E-state index contributed by atoms with van der Waals surface area (Å²) in [6.45, 7) is 1.70. The first-order valence-electron chi connectivity index (χ1n) is 10.3. The van der Waals surface area contributed by atoms with E-state index in [2.05, 4.69) is 12.2 Å². The average Bonchev–Trinajstić information content (AvgIpc) is 2.76. The van der Waals surface area contributed by atoms with Crippen molar-refractivity contribution in [3.05, 3.63) is 75.1 Å². The van der Waals surface area contributed by atoms with Gasteiger partial charge in [-0.25, -0.2) is 9.59 Å². The fourth-order valence-electron chi connectivity index (χ4n) is 3.32. The minimum Gasteiger partial charge on any atom is -0.484 e. The number of aliphatic carboxylic acids is 1. The van der Waals surface area contributed by atoms with Crippen LogP contribution in [0.1, 0.15) is 30.9 Å². The van der Waals surface area contributed by atoms with Gasteiger partial charge in [-0.15, -0.1) is 0 Å². The number of fused-ring (bicyclic) bond motifs is 1. The number of nitrogens with one attached hydrogen (secondary N) is 1. The summed E-state index contributed by atoms with van der Waals surface area (Å²) in [6, 6.07) is 12.2. The van der Waals surface area contributed by atoms with E-state index in [0.717, 1.165) is 35.8 Å². The lowest BCUT2D eigenvalue weighted by atomic mass is 10.0. The smallest absolute Gasteiger partial charge is 0.336 e. The van der Waals surface area contributed by atoms with Gasteiger partial charge in [0.25, 0.3) is 5.91 Å². The normalized spacial score (nSPS) is 11.8. The zero-order valence-corrected chi connectivity index (χ0v) is 18.4. The second-order valence-electron chi connectivity index (χ2n) is 7.43. The summed E-state index contributed by atoms with van der Waals surface area (Å²) in [7, 11) is 0. The van der Waals surface area contributed by atoms with Gasteiger partial charge < -0.3 is 19.6 Å². The Balaban J connectivity index is 1.64. The van der Waals surface area contributed by atoms with Crippen molar-refractivity contribution < 1.29 is 23.8 Å². The van der Waals surface area contributed by atoms with Crippen LogP contribution in [0.2, 0.25) is 5.02 Å². The van der Waals surface area contributed by atoms with E-state index in [4.69, 9.17) is 20.8 Å². The molecule has 1 amide bonds. The Morgan fingerprint density at radius 2 is 1.91 bits per heavy atom. The van der Waals surface area contributed by atoms with E-state index >= 15 is 0 Å². The van der Waals surface area contributed by atoms with E-state index in [1.807, 2.05) is 0 Å². The fraction of sp³-hybridized carbons (Fsp3) is 0.292. The monoisotopic (exact) mass is 457 g/mol. The Bertz CT molecular complexity index is 1160. The van der Waals surface area contributed by atoms with Crippen LogP contribution in [-0.2, 0) is 22.4 Å². The number of amides is 1. The standard InChI is InChI=1S/C24H24ClNO6/c1-2-3-4-16-12-23(28)32-21-13-18(9-10-19(16)21)31-14-22(27)26-20(24(29)30)11-15-5-7-17(25)8-6-15/h5-10,12-13,20H,2-4,11,14H2,1H3,(H,26,27)(H,29,30)/t20-/m1/s1. The maximum Gasteiger partial charge on any atom is 0.336 e. The topological polar surface area (TPSA) is 106 Å². The molecule has 2 aromatic carbocycles. The van der Waals surface area contributed by atoms with Crippen molar-refractivity contribution >= 4 is 34.4 Å². The second-order valence-corrected chi connectivity index (χ2v) is 7.87. The molecule has 0 saturated carbocycles. The summed E-state index contributed by atoms with van der Waals surface area (Å²) in [4.78, 5) is 35.7. The third-order valence-corrected chi connectivity index (χ3v) is 5.21. The van der Waals surface area contributed by atoms with Crippen molar-refractivity contribution in [3.63, 3.8) is 0 Å². The van der Waals surface area contributed by atoms with Crippen LogP contribution >= 0.6 is 11.6 Å². The highest BCUT2D eigenvalue weighted by Crippen LogP contribution is 2.24. The molecule has 0 unspecified atom stereocenters. The summed E-state index contributed by atoms with van der Waals surface area (Å²) < 4.78 is 10.8. The van der Waals surface area contributed by atoms with E-state index in [1.54, 1.807) is 42.5 Å². The first-order chi connectivity index (χ1) is 15.4. The predicted octanol–water partition coefficient (Wildman–Crippen LogP) is 3.98. The number of hydrogen-bond acceptors (Lipinski definition) is 5. The highest BCUT2D eigenvalue weighted by atomic mass is 35.5. The van der Waals surface area contributed by atoms with Gasteiger partial charge in [0.2, 0.25) is 0 Å². The van der Waals surface area contributed by atoms with Crippen LogP contribution in [0.4, 0.5) is 0 Å². The van der Waals surface area contributed by atoms with Gasteiger partial charge in [-0.3, -0.25) is 4.79 Å². The average molecular weight is 458 g/mol. The van der Waals surface area contributed by atoms with Crippen molar-refractivity contribution in [1.82, 2.24) is 5.32 Å². The molecule has 1 atom stereocenters. The zero-order valence-electron chi connectivity index (χ0n) is 17.6. The molecule has 2 N–H and O–H groups in total. The van der Waals surface area contributed by atoms with Crippen molar-refractivity contribution in [2.45, 2.75) is 38.6 Å². The van der Waals surface area contributed by atoms with Gasteiger partial charge in [0.1, 0.15) is 17.4 Å². The molecule has 168 valence electrons. The molecule has 7 nitrogen and oxygen atoms in total. The number of aryl methyl sites for hydroxylation is 1. The zero-order chi connectivity index (χ0) is 23.1. The molecule has 1 aromatic heterocycles. The van der Waals surface area contributed by atoms with Crippen LogP contribution in [0.25, 0.3) is 11.0 Å². The predicted molar refractivity (Wildman–Crippen MR) is 121 cm³/mol. The molecule has 0 spiro atoms. The molecule has 0 aliphatic carbocycles. The lowest BCUT2D eigenvalue weighted by Gasteiger charge is -2.15. The van der Waals surface area contributed by atoms with Crippen LogP contribution in [-0.4, -0.2) is 29.6 Å². The summed E-state index contributed by atoms with van der Waals surface area (Å²) in [6.07, 6.45) is 2.84. The van der Waals surface area contributed by atoms with Crippen LogP contribution in [0.15, 0.2) is 57.7 Å². The molecular weight excluding hydrogens is 434 g/mol. The summed E-state index contributed by atoms with van der Waals surface area (Å²) in [5, 5.41) is 13.3. The first-order valence-corrected chi connectivity index (χ1v) is 10.7.